The van der Waals surface area contributed by atoms with Crippen LogP contribution in [0.15, 0.2) is 6.20 Å². The minimum atomic E-state index is -0.0976. The van der Waals surface area contributed by atoms with Crippen molar-refractivity contribution in [3.63, 3.8) is 0 Å². The van der Waals surface area contributed by atoms with Gasteiger partial charge in [0.2, 0.25) is 11.8 Å². The fraction of sp³-hybridized carbons (Fsp3) is 0.684. The van der Waals surface area contributed by atoms with Crippen molar-refractivity contribution in [1.82, 2.24) is 19.8 Å². The van der Waals surface area contributed by atoms with Gasteiger partial charge in [-0.25, -0.2) is 9.97 Å². The van der Waals surface area contributed by atoms with E-state index in [2.05, 4.69) is 30.7 Å². The number of amides is 2. The van der Waals surface area contributed by atoms with Crippen LogP contribution in [0.1, 0.15) is 70.0 Å². The molecular weight excluding hydrogens is 316 g/mol. The van der Waals surface area contributed by atoms with E-state index < -0.39 is 0 Å². The number of rotatable bonds is 3. The van der Waals surface area contributed by atoms with Gasteiger partial charge in [0.15, 0.2) is 0 Å². The van der Waals surface area contributed by atoms with E-state index in [-0.39, 0.29) is 17.2 Å². The third-order valence-electron chi connectivity index (χ3n) is 4.95. The van der Waals surface area contributed by atoms with Crippen molar-refractivity contribution in [2.45, 2.75) is 71.4 Å². The highest BCUT2D eigenvalue weighted by atomic mass is 16.2. The van der Waals surface area contributed by atoms with E-state index in [9.17, 15) is 9.59 Å². The Hall–Kier alpha value is -1.98. The molecule has 0 atom stereocenters. The van der Waals surface area contributed by atoms with Crippen LogP contribution in [0.5, 0.6) is 0 Å². The lowest BCUT2D eigenvalue weighted by Crippen LogP contribution is -2.35. The molecule has 2 aliphatic heterocycles. The van der Waals surface area contributed by atoms with Gasteiger partial charge in [-0.05, 0) is 12.8 Å². The Kier molecular flexibility index (Phi) is 5.06. The summed E-state index contributed by atoms with van der Waals surface area (Å²) < 4.78 is 0. The molecule has 136 valence electrons. The van der Waals surface area contributed by atoms with Crippen LogP contribution in [0.2, 0.25) is 0 Å². The van der Waals surface area contributed by atoms with E-state index >= 15 is 0 Å². The maximum atomic E-state index is 12.6. The van der Waals surface area contributed by atoms with Crippen molar-refractivity contribution in [1.29, 1.82) is 0 Å². The second kappa shape index (κ2) is 7.10. The van der Waals surface area contributed by atoms with Crippen LogP contribution in [0.4, 0.5) is 0 Å². The fourth-order valence-corrected chi connectivity index (χ4v) is 3.35. The van der Waals surface area contributed by atoms with E-state index in [1.807, 2.05) is 16.0 Å². The molecule has 1 saturated heterocycles. The molecule has 2 amide bonds. The summed E-state index contributed by atoms with van der Waals surface area (Å²) in [5, 5.41) is 0. The molecule has 2 aliphatic rings. The summed E-state index contributed by atoms with van der Waals surface area (Å²) in [5.74, 6) is 1.10. The van der Waals surface area contributed by atoms with Crippen molar-refractivity contribution < 1.29 is 9.59 Å². The normalized spacial score (nSPS) is 18.3. The zero-order valence-corrected chi connectivity index (χ0v) is 15.5. The van der Waals surface area contributed by atoms with Crippen LogP contribution in [0, 0.1) is 0 Å². The molecule has 0 N–H and O–H groups in total. The van der Waals surface area contributed by atoms with Crippen molar-refractivity contribution >= 4 is 11.8 Å². The number of carbonyl (C=O) groups excluding carboxylic acids is 2. The largest absolute Gasteiger partial charge is 0.342 e. The minimum Gasteiger partial charge on any atom is -0.342 e. The fourth-order valence-electron chi connectivity index (χ4n) is 3.35. The van der Waals surface area contributed by atoms with Crippen LogP contribution in [0.3, 0.4) is 0 Å². The molecular formula is C19H28N4O2. The standard InChI is InChI=1S/C19H28N4O2/c1-19(2,3)18-20-11-14-12-23(13-15(14)21-18)17(25)8-10-22-9-6-4-5-7-16(22)24/h11H,4-10,12-13H2,1-3H3. The van der Waals surface area contributed by atoms with Gasteiger partial charge in [0.1, 0.15) is 5.82 Å². The number of fused-ring (bicyclic) bond motifs is 1. The number of likely N-dealkylation sites (tertiary alicyclic amines) is 1. The summed E-state index contributed by atoms with van der Waals surface area (Å²) in [5.41, 5.74) is 1.89. The van der Waals surface area contributed by atoms with Crippen LogP contribution < -0.4 is 0 Å². The van der Waals surface area contributed by atoms with Crippen LogP contribution in [-0.2, 0) is 28.1 Å². The van der Waals surface area contributed by atoms with Crippen molar-refractivity contribution in [3.8, 4) is 0 Å². The van der Waals surface area contributed by atoms with Crippen molar-refractivity contribution in [2.24, 2.45) is 0 Å². The second-order valence-electron chi connectivity index (χ2n) is 8.11. The summed E-state index contributed by atoms with van der Waals surface area (Å²) in [6.45, 7) is 8.71. The summed E-state index contributed by atoms with van der Waals surface area (Å²) >= 11 is 0. The maximum absolute atomic E-state index is 12.6. The minimum absolute atomic E-state index is 0.0901. The Morgan fingerprint density at radius 1 is 1.20 bits per heavy atom. The molecule has 0 bridgehead atoms. The third kappa shape index (κ3) is 4.17. The van der Waals surface area contributed by atoms with Crippen molar-refractivity contribution in [2.75, 3.05) is 13.1 Å². The Morgan fingerprint density at radius 3 is 2.76 bits per heavy atom. The van der Waals surface area contributed by atoms with Gasteiger partial charge in [-0.1, -0.05) is 27.2 Å². The first-order chi connectivity index (χ1) is 11.8. The van der Waals surface area contributed by atoms with Gasteiger partial charge in [-0.3, -0.25) is 9.59 Å². The van der Waals surface area contributed by atoms with E-state index in [0.29, 0.717) is 32.5 Å². The van der Waals surface area contributed by atoms with Gasteiger partial charge < -0.3 is 9.80 Å². The first-order valence-electron chi connectivity index (χ1n) is 9.25. The van der Waals surface area contributed by atoms with Gasteiger partial charge in [-0.15, -0.1) is 0 Å². The predicted molar refractivity (Wildman–Crippen MR) is 94.7 cm³/mol. The lowest BCUT2D eigenvalue weighted by atomic mass is 9.95. The average Bonchev–Trinajstić information content (AvgIpc) is 2.88. The quantitative estimate of drug-likeness (QED) is 0.844. The summed E-state index contributed by atoms with van der Waals surface area (Å²) in [6.07, 6.45) is 5.98. The molecule has 0 spiro atoms. The van der Waals surface area contributed by atoms with E-state index in [0.717, 1.165) is 42.9 Å². The number of carbonyl (C=O) groups is 2. The summed E-state index contributed by atoms with van der Waals surface area (Å²) in [6, 6.07) is 0. The topological polar surface area (TPSA) is 66.4 Å². The zero-order chi connectivity index (χ0) is 18.0. The zero-order valence-electron chi connectivity index (χ0n) is 15.5. The lowest BCUT2D eigenvalue weighted by molar-refractivity contribution is -0.134. The van der Waals surface area contributed by atoms with Crippen LogP contribution in [-0.4, -0.2) is 44.7 Å². The molecule has 0 aromatic carbocycles. The van der Waals surface area contributed by atoms with Gasteiger partial charge in [0.05, 0.1) is 12.2 Å². The number of nitrogens with zero attached hydrogens (tertiary/aromatic N) is 4. The highest BCUT2D eigenvalue weighted by Gasteiger charge is 2.28. The predicted octanol–water partition coefficient (Wildman–Crippen LogP) is 2.41. The molecule has 0 saturated carbocycles. The SMILES string of the molecule is CC(C)(C)c1ncc2c(n1)CN(C(=O)CCN1CCCCCC1=O)C2. The first kappa shape index (κ1) is 17.8. The molecule has 3 rings (SSSR count). The molecule has 6 heteroatoms. The molecule has 1 fully saturated rings. The van der Waals surface area contributed by atoms with E-state index in [1.165, 1.54) is 0 Å². The Balaban J connectivity index is 1.58. The number of aromatic nitrogens is 2. The average molecular weight is 344 g/mol. The van der Waals surface area contributed by atoms with Crippen LogP contribution in [0.25, 0.3) is 0 Å². The smallest absolute Gasteiger partial charge is 0.225 e. The maximum Gasteiger partial charge on any atom is 0.225 e. The Bertz CT molecular complexity index is 666. The monoisotopic (exact) mass is 344 g/mol. The lowest BCUT2D eigenvalue weighted by Gasteiger charge is -2.22. The third-order valence-corrected chi connectivity index (χ3v) is 4.95. The highest BCUT2D eigenvalue weighted by Crippen LogP contribution is 2.25. The summed E-state index contributed by atoms with van der Waals surface area (Å²) in [4.78, 5) is 37.4. The molecule has 3 heterocycles. The van der Waals surface area contributed by atoms with Gasteiger partial charge in [0, 0.05) is 49.7 Å². The second-order valence-corrected chi connectivity index (χ2v) is 8.11. The molecule has 6 nitrogen and oxygen atoms in total. The molecule has 0 radical (unpaired) electrons. The first-order valence-corrected chi connectivity index (χ1v) is 9.25. The highest BCUT2D eigenvalue weighted by molar-refractivity contribution is 5.79. The van der Waals surface area contributed by atoms with Gasteiger partial charge in [-0.2, -0.15) is 0 Å². The van der Waals surface area contributed by atoms with E-state index in [4.69, 9.17) is 0 Å². The Labute approximate surface area is 149 Å². The number of hydrogen-bond donors (Lipinski definition) is 0. The molecule has 1 aromatic rings. The van der Waals surface area contributed by atoms with Gasteiger partial charge in [0.25, 0.3) is 0 Å². The van der Waals surface area contributed by atoms with Crippen LogP contribution >= 0.6 is 0 Å². The molecule has 1 aromatic heterocycles. The van der Waals surface area contributed by atoms with Gasteiger partial charge >= 0.3 is 0 Å². The molecule has 25 heavy (non-hydrogen) atoms. The number of hydrogen-bond acceptors (Lipinski definition) is 4. The van der Waals surface area contributed by atoms with Crippen molar-refractivity contribution in [3.05, 3.63) is 23.3 Å². The molecule has 0 aliphatic carbocycles. The molecule has 0 unspecified atom stereocenters. The summed E-state index contributed by atoms with van der Waals surface area (Å²) in [7, 11) is 0. The Morgan fingerprint density at radius 2 is 2.00 bits per heavy atom. The van der Waals surface area contributed by atoms with E-state index in [1.54, 1.807) is 0 Å².